The first kappa shape index (κ1) is 20.1. The van der Waals surface area contributed by atoms with Gasteiger partial charge in [0.1, 0.15) is 5.76 Å². The third-order valence-corrected chi connectivity index (χ3v) is 5.78. The van der Waals surface area contributed by atoms with E-state index in [1.807, 2.05) is 73.7 Å². The van der Waals surface area contributed by atoms with Crippen LogP contribution in [0.5, 0.6) is 0 Å². The molecule has 1 N–H and O–H groups in total. The Bertz CT molecular complexity index is 1120. The normalized spacial score (nSPS) is 18.1. The third kappa shape index (κ3) is 3.81. The van der Waals surface area contributed by atoms with Crippen molar-refractivity contribution < 1.29 is 14.7 Å². The molecule has 1 heterocycles. The Balaban J connectivity index is 1.85. The molecule has 1 amide bonds. The first-order chi connectivity index (χ1) is 14.5. The number of likely N-dealkylation sites (tertiary alicyclic amines) is 1. The standard InChI is InChI=1S/C25H20BrNO3/c1-16-7-9-19(10-8-16)23(28)21-22(18-11-13-20(26)14-12-18)27(25(30)24(21)29)15-17-5-3-2-4-6-17/h2-14,22,28H,15H2,1H3/t22-/m1/s1. The van der Waals surface area contributed by atoms with Gasteiger partial charge in [0, 0.05) is 16.6 Å². The second kappa shape index (κ2) is 8.28. The zero-order chi connectivity index (χ0) is 21.3. The van der Waals surface area contributed by atoms with Gasteiger partial charge in [0.15, 0.2) is 0 Å². The first-order valence-corrected chi connectivity index (χ1v) is 10.4. The molecule has 3 aromatic carbocycles. The summed E-state index contributed by atoms with van der Waals surface area (Å²) < 4.78 is 0.893. The number of aliphatic hydroxyl groups is 1. The fraction of sp³-hybridized carbons (Fsp3) is 0.120. The molecule has 30 heavy (non-hydrogen) atoms. The summed E-state index contributed by atoms with van der Waals surface area (Å²) in [7, 11) is 0. The number of halogens is 1. The number of ketones is 1. The molecule has 1 atom stereocenters. The zero-order valence-corrected chi connectivity index (χ0v) is 18.0. The summed E-state index contributed by atoms with van der Waals surface area (Å²) in [4.78, 5) is 27.5. The van der Waals surface area contributed by atoms with Crippen LogP contribution in [0.2, 0.25) is 0 Å². The summed E-state index contributed by atoms with van der Waals surface area (Å²) in [6, 6.07) is 23.6. The van der Waals surface area contributed by atoms with E-state index < -0.39 is 17.7 Å². The minimum absolute atomic E-state index is 0.113. The average molecular weight is 462 g/mol. The van der Waals surface area contributed by atoms with Gasteiger partial charge in [-0.3, -0.25) is 9.59 Å². The monoisotopic (exact) mass is 461 g/mol. The topological polar surface area (TPSA) is 57.6 Å². The summed E-state index contributed by atoms with van der Waals surface area (Å²) in [6.45, 7) is 2.22. The molecule has 150 valence electrons. The van der Waals surface area contributed by atoms with Crippen LogP contribution < -0.4 is 0 Å². The minimum atomic E-state index is -0.670. The number of amides is 1. The summed E-state index contributed by atoms with van der Waals surface area (Å²) in [5, 5.41) is 11.0. The molecule has 1 aliphatic heterocycles. The number of Topliss-reactive ketones (excluding diaryl/α,β-unsaturated/α-hetero) is 1. The van der Waals surface area contributed by atoms with Gasteiger partial charge in [-0.15, -0.1) is 0 Å². The average Bonchev–Trinajstić information content (AvgIpc) is 3.00. The molecule has 0 bridgehead atoms. The van der Waals surface area contributed by atoms with Gasteiger partial charge in [0.25, 0.3) is 11.7 Å². The zero-order valence-electron chi connectivity index (χ0n) is 16.4. The van der Waals surface area contributed by atoms with Gasteiger partial charge in [0.2, 0.25) is 0 Å². The van der Waals surface area contributed by atoms with E-state index in [1.54, 1.807) is 12.1 Å². The Hall–Kier alpha value is -3.18. The molecule has 0 spiro atoms. The molecule has 4 rings (SSSR count). The molecule has 0 aliphatic carbocycles. The Morgan fingerprint density at radius 2 is 1.57 bits per heavy atom. The highest BCUT2D eigenvalue weighted by atomic mass is 79.9. The first-order valence-electron chi connectivity index (χ1n) is 9.60. The molecule has 0 radical (unpaired) electrons. The SMILES string of the molecule is Cc1ccc(C(O)=C2C(=O)C(=O)N(Cc3ccccc3)[C@@H]2c2ccc(Br)cc2)cc1. The maximum absolute atomic E-state index is 13.0. The lowest BCUT2D eigenvalue weighted by Crippen LogP contribution is -2.29. The molecular weight excluding hydrogens is 442 g/mol. The number of aryl methyl sites for hydroxylation is 1. The van der Waals surface area contributed by atoms with E-state index in [0.717, 1.165) is 21.2 Å². The van der Waals surface area contributed by atoms with Gasteiger partial charge in [-0.1, -0.05) is 88.2 Å². The van der Waals surface area contributed by atoms with Crippen molar-refractivity contribution in [1.82, 2.24) is 4.90 Å². The van der Waals surface area contributed by atoms with Crippen molar-refractivity contribution in [3.8, 4) is 0 Å². The molecule has 0 unspecified atom stereocenters. The Labute approximate surface area is 183 Å². The third-order valence-electron chi connectivity index (χ3n) is 5.25. The molecule has 3 aromatic rings. The number of hydrogen-bond acceptors (Lipinski definition) is 3. The van der Waals surface area contributed by atoms with Crippen LogP contribution in [-0.4, -0.2) is 21.7 Å². The number of benzene rings is 3. The maximum atomic E-state index is 13.0. The fourth-order valence-electron chi connectivity index (χ4n) is 3.68. The Kier molecular flexibility index (Phi) is 5.55. The van der Waals surface area contributed by atoms with Gasteiger partial charge in [-0.05, 0) is 30.2 Å². The van der Waals surface area contributed by atoms with Crippen LogP contribution in [0.4, 0.5) is 0 Å². The van der Waals surface area contributed by atoms with E-state index in [4.69, 9.17) is 0 Å². The van der Waals surface area contributed by atoms with Crippen LogP contribution in [0, 0.1) is 6.92 Å². The lowest BCUT2D eigenvalue weighted by molar-refractivity contribution is -0.140. The molecule has 4 nitrogen and oxygen atoms in total. The highest BCUT2D eigenvalue weighted by Gasteiger charge is 2.46. The highest BCUT2D eigenvalue weighted by molar-refractivity contribution is 9.10. The fourth-order valence-corrected chi connectivity index (χ4v) is 3.95. The van der Waals surface area contributed by atoms with E-state index in [0.29, 0.717) is 5.56 Å². The van der Waals surface area contributed by atoms with E-state index in [-0.39, 0.29) is 17.9 Å². The number of nitrogens with zero attached hydrogens (tertiary/aromatic N) is 1. The van der Waals surface area contributed by atoms with Crippen molar-refractivity contribution in [3.63, 3.8) is 0 Å². The molecule has 1 saturated heterocycles. The van der Waals surface area contributed by atoms with Gasteiger partial charge >= 0.3 is 0 Å². The molecular formula is C25H20BrNO3. The number of carbonyl (C=O) groups is 2. The summed E-state index contributed by atoms with van der Waals surface area (Å²) >= 11 is 3.43. The maximum Gasteiger partial charge on any atom is 0.295 e. The quantitative estimate of drug-likeness (QED) is 0.322. The van der Waals surface area contributed by atoms with Crippen molar-refractivity contribution in [2.24, 2.45) is 0 Å². The van der Waals surface area contributed by atoms with Crippen molar-refractivity contribution in [1.29, 1.82) is 0 Å². The Morgan fingerprint density at radius 3 is 2.20 bits per heavy atom. The van der Waals surface area contributed by atoms with Gasteiger partial charge in [-0.2, -0.15) is 0 Å². The summed E-state index contributed by atoms with van der Waals surface area (Å²) in [5.74, 6) is -1.44. The molecule has 5 heteroatoms. The van der Waals surface area contributed by atoms with Gasteiger partial charge in [0.05, 0.1) is 11.6 Å². The van der Waals surface area contributed by atoms with E-state index >= 15 is 0 Å². The molecule has 0 aromatic heterocycles. The number of aliphatic hydroxyl groups excluding tert-OH is 1. The van der Waals surface area contributed by atoms with Crippen LogP contribution >= 0.6 is 15.9 Å². The summed E-state index contributed by atoms with van der Waals surface area (Å²) in [5.41, 5.74) is 3.35. The second-order valence-electron chi connectivity index (χ2n) is 7.33. The van der Waals surface area contributed by atoms with Crippen molar-refractivity contribution in [2.75, 3.05) is 0 Å². The van der Waals surface area contributed by atoms with Crippen molar-refractivity contribution in [2.45, 2.75) is 19.5 Å². The Morgan fingerprint density at radius 1 is 0.933 bits per heavy atom. The highest BCUT2D eigenvalue weighted by Crippen LogP contribution is 2.40. The minimum Gasteiger partial charge on any atom is -0.507 e. The van der Waals surface area contributed by atoms with E-state index in [1.165, 1.54) is 4.90 Å². The predicted molar refractivity (Wildman–Crippen MR) is 120 cm³/mol. The van der Waals surface area contributed by atoms with Crippen LogP contribution in [0.3, 0.4) is 0 Å². The molecule has 1 aliphatic rings. The van der Waals surface area contributed by atoms with Gasteiger partial charge in [-0.25, -0.2) is 0 Å². The van der Waals surface area contributed by atoms with E-state index in [2.05, 4.69) is 15.9 Å². The van der Waals surface area contributed by atoms with Crippen LogP contribution in [-0.2, 0) is 16.1 Å². The smallest absolute Gasteiger partial charge is 0.295 e. The van der Waals surface area contributed by atoms with Crippen LogP contribution in [0.1, 0.15) is 28.3 Å². The number of hydrogen-bond donors (Lipinski definition) is 1. The predicted octanol–water partition coefficient (Wildman–Crippen LogP) is 5.38. The van der Waals surface area contributed by atoms with Gasteiger partial charge < -0.3 is 10.0 Å². The van der Waals surface area contributed by atoms with Crippen molar-refractivity contribution in [3.05, 3.63) is 111 Å². The molecule has 1 fully saturated rings. The largest absolute Gasteiger partial charge is 0.507 e. The van der Waals surface area contributed by atoms with E-state index in [9.17, 15) is 14.7 Å². The van der Waals surface area contributed by atoms with Crippen LogP contribution in [0.25, 0.3) is 5.76 Å². The summed E-state index contributed by atoms with van der Waals surface area (Å²) in [6.07, 6.45) is 0. The number of carbonyl (C=O) groups excluding carboxylic acids is 2. The number of rotatable bonds is 4. The second-order valence-corrected chi connectivity index (χ2v) is 8.25. The lowest BCUT2D eigenvalue weighted by atomic mass is 9.95. The van der Waals surface area contributed by atoms with Crippen LogP contribution in [0.15, 0.2) is 88.9 Å². The van der Waals surface area contributed by atoms with Crippen molar-refractivity contribution >= 4 is 33.4 Å². The lowest BCUT2D eigenvalue weighted by Gasteiger charge is -2.25. The molecule has 0 saturated carbocycles.